The number of carbonyl (C=O) groups excluding carboxylic acids is 1. The third kappa shape index (κ3) is 1.95. The van der Waals surface area contributed by atoms with E-state index in [1.54, 1.807) is 0 Å². The Kier molecular flexibility index (Phi) is 2.22. The van der Waals surface area contributed by atoms with Crippen LogP contribution < -0.4 is 5.56 Å². The average Bonchev–Trinajstić information content (AvgIpc) is 2.03. The first-order chi connectivity index (χ1) is 5.95. The van der Waals surface area contributed by atoms with Gasteiger partial charge in [0.25, 0.3) is 0 Å². The zero-order chi connectivity index (χ0) is 10.1. The van der Waals surface area contributed by atoms with E-state index in [1.165, 1.54) is 0 Å². The van der Waals surface area contributed by atoms with Crippen molar-refractivity contribution in [2.45, 2.75) is 6.18 Å². The monoisotopic (exact) mass is 191 g/mol. The molecule has 0 bridgehead atoms. The minimum atomic E-state index is -4.68. The molecule has 0 aliphatic rings. The Morgan fingerprint density at radius 3 is 2.46 bits per heavy atom. The van der Waals surface area contributed by atoms with Crippen molar-refractivity contribution in [1.82, 2.24) is 4.98 Å². The summed E-state index contributed by atoms with van der Waals surface area (Å²) in [6, 6.07) is 0.351. The maximum atomic E-state index is 12.1. The molecular formula is C7H4F3NO2. The summed E-state index contributed by atoms with van der Waals surface area (Å²) in [5.74, 6) is 0. The quantitative estimate of drug-likeness (QED) is 0.678. The fourth-order valence-corrected chi connectivity index (χ4v) is 0.826. The maximum absolute atomic E-state index is 12.1. The number of aromatic nitrogens is 1. The minimum Gasteiger partial charge on any atom is -0.328 e. The van der Waals surface area contributed by atoms with E-state index in [0.29, 0.717) is 6.07 Å². The summed E-state index contributed by atoms with van der Waals surface area (Å²) in [4.78, 5) is 22.7. The number of aldehydes is 1. The molecule has 0 amide bonds. The van der Waals surface area contributed by atoms with Gasteiger partial charge in [-0.15, -0.1) is 0 Å². The Morgan fingerprint density at radius 1 is 1.38 bits per heavy atom. The van der Waals surface area contributed by atoms with Crippen LogP contribution in [0.4, 0.5) is 13.2 Å². The molecule has 13 heavy (non-hydrogen) atoms. The van der Waals surface area contributed by atoms with Gasteiger partial charge in [-0.25, -0.2) is 0 Å². The van der Waals surface area contributed by atoms with Crippen LogP contribution >= 0.6 is 0 Å². The predicted octanol–water partition coefficient (Wildman–Crippen LogP) is 1.21. The lowest BCUT2D eigenvalue weighted by Crippen LogP contribution is -2.15. The van der Waals surface area contributed by atoms with E-state index in [2.05, 4.69) is 0 Å². The van der Waals surface area contributed by atoms with Crippen molar-refractivity contribution in [3.05, 3.63) is 33.7 Å². The zero-order valence-electron chi connectivity index (χ0n) is 6.18. The van der Waals surface area contributed by atoms with Crippen LogP contribution in [0.15, 0.2) is 17.1 Å². The van der Waals surface area contributed by atoms with Gasteiger partial charge in [-0.3, -0.25) is 9.59 Å². The van der Waals surface area contributed by atoms with Crippen LogP contribution in [0.3, 0.4) is 0 Å². The molecule has 0 spiro atoms. The van der Waals surface area contributed by atoms with E-state index in [-0.39, 0.29) is 6.29 Å². The second kappa shape index (κ2) is 3.04. The van der Waals surface area contributed by atoms with Gasteiger partial charge in [-0.2, -0.15) is 13.2 Å². The first-order valence-electron chi connectivity index (χ1n) is 3.20. The summed E-state index contributed by atoms with van der Waals surface area (Å²) >= 11 is 0. The number of hydrogen-bond donors (Lipinski definition) is 1. The van der Waals surface area contributed by atoms with E-state index in [0.717, 1.165) is 6.20 Å². The Labute approximate surface area is 70.2 Å². The summed E-state index contributed by atoms with van der Waals surface area (Å²) in [7, 11) is 0. The molecule has 0 unspecified atom stereocenters. The molecule has 0 radical (unpaired) electrons. The van der Waals surface area contributed by atoms with Crippen LogP contribution in [0.1, 0.15) is 15.9 Å². The van der Waals surface area contributed by atoms with Gasteiger partial charge in [0.05, 0.1) is 5.56 Å². The fourth-order valence-electron chi connectivity index (χ4n) is 0.826. The van der Waals surface area contributed by atoms with Gasteiger partial charge in [0.15, 0.2) is 6.29 Å². The summed E-state index contributed by atoms with van der Waals surface area (Å²) in [5, 5.41) is 0. The molecule has 0 aliphatic carbocycles. The third-order valence-corrected chi connectivity index (χ3v) is 1.39. The summed E-state index contributed by atoms with van der Waals surface area (Å²) in [6.45, 7) is 0. The van der Waals surface area contributed by atoms with Crippen molar-refractivity contribution in [2.75, 3.05) is 0 Å². The van der Waals surface area contributed by atoms with E-state index >= 15 is 0 Å². The van der Waals surface area contributed by atoms with Crippen molar-refractivity contribution in [3.8, 4) is 0 Å². The predicted molar refractivity (Wildman–Crippen MR) is 37.5 cm³/mol. The van der Waals surface area contributed by atoms with Gasteiger partial charge in [-0.1, -0.05) is 0 Å². The zero-order valence-corrected chi connectivity index (χ0v) is 6.18. The van der Waals surface area contributed by atoms with Crippen molar-refractivity contribution in [3.63, 3.8) is 0 Å². The molecule has 0 aromatic carbocycles. The van der Waals surface area contributed by atoms with E-state index in [1.807, 2.05) is 4.98 Å². The topological polar surface area (TPSA) is 49.9 Å². The molecular weight excluding hydrogens is 187 g/mol. The molecule has 6 heteroatoms. The number of pyridine rings is 1. The Morgan fingerprint density at radius 2 is 2.00 bits per heavy atom. The Hall–Kier alpha value is -1.59. The van der Waals surface area contributed by atoms with Crippen molar-refractivity contribution >= 4 is 6.29 Å². The van der Waals surface area contributed by atoms with Crippen LogP contribution in [0.5, 0.6) is 0 Å². The number of nitrogens with one attached hydrogen (secondary N) is 1. The van der Waals surface area contributed by atoms with Gasteiger partial charge in [0.1, 0.15) is 0 Å². The summed E-state index contributed by atoms with van der Waals surface area (Å²) in [6.07, 6.45) is -3.90. The molecule has 1 heterocycles. The largest absolute Gasteiger partial charge is 0.417 e. The summed E-state index contributed by atoms with van der Waals surface area (Å²) in [5.41, 5.74) is -2.68. The van der Waals surface area contributed by atoms with E-state index in [4.69, 9.17) is 0 Å². The second-order valence-corrected chi connectivity index (χ2v) is 2.28. The molecule has 1 aromatic heterocycles. The van der Waals surface area contributed by atoms with Crippen LogP contribution in [-0.2, 0) is 6.18 Å². The first-order valence-corrected chi connectivity index (χ1v) is 3.20. The van der Waals surface area contributed by atoms with Gasteiger partial charge >= 0.3 is 6.18 Å². The molecule has 1 rings (SSSR count). The van der Waals surface area contributed by atoms with Crippen LogP contribution in [0.25, 0.3) is 0 Å². The van der Waals surface area contributed by atoms with Gasteiger partial charge in [-0.05, 0) is 0 Å². The molecule has 1 N–H and O–H groups in total. The van der Waals surface area contributed by atoms with Crippen molar-refractivity contribution in [1.29, 1.82) is 0 Å². The second-order valence-electron chi connectivity index (χ2n) is 2.28. The molecule has 1 aromatic rings. The molecule has 70 valence electrons. The number of rotatable bonds is 1. The molecule has 0 aliphatic heterocycles. The van der Waals surface area contributed by atoms with Crippen LogP contribution in [0, 0.1) is 0 Å². The van der Waals surface area contributed by atoms with Crippen LogP contribution in [-0.4, -0.2) is 11.3 Å². The standard InChI is InChI=1S/C7H4F3NO2/c8-7(9,10)5-1-6(13)11-2-4(5)3-12/h1-3H,(H,11,13). The fraction of sp³-hybridized carbons (Fsp3) is 0.143. The number of halogens is 3. The lowest BCUT2D eigenvalue weighted by Gasteiger charge is -2.07. The van der Waals surface area contributed by atoms with Crippen molar-refractivity contribution in [2.24, 2.45) is 0 Å². The highest BCUT2D eigenvalue weighted by molar-refractivity contribution is 5.76. The molecule has 0 atom stereocenters. The first kappa shape index (κ1) is 9.50. The smallest absolute Gasteiger partial charge is 0.328 e. The van der Waals surface area contributed by atoms with Gasteiger partial charge in [0, 0.05) is 17.8 Å². The highest BCUT2D eigenvalue weighted by atomic mass is 19.4. The molecule has 0 fully saturated rings. The number of H-pyrrole nitrogens is 1. The molecule has 3 nitrogen and oxygen atoms in total. The normalized spacial score (nSPS) is 11.3. The third-order valence-electron chi connectivity index (χ3n) is 1.39. The highest BCUT2D eigenvalue weighted by Gasteiger charge is 2.33. The lowest BCUT2D eigenvalue weighted by atomic mass is 10.1. The molecule has 0 saturated carbocycles. The average molecular weight is 191 g/mol. The van der Waals surface area contributed by atoms with Gasteiger partial charge in [0.2, 0.25) is 5.56 Å². The minimum absolute atomic E-state index is 0.0404. The molecule has 0 saturated heterocycles. The highest BCUT2D eigenvalue weighted by Crippen LogP contribution is 2.29. The maximum Gasteiger partial charge on any atom is 0.417 e. The number of hydrogen-bond acceptors (Lipinski definition) is 2. The SMILES string of the molecule is O=Cc1c[nH]c(=O)cc1C(F)(F)F. The Bertz CT molecular complexity index is 380. The van der Waals surface area contributed by atoms with Crippen LogP contribution in [0.2, 0.25) is 0 Å². The summed E-state index contributed by atoms with van der Waals surface area (Å²) < 4.78 is 36.3. The van der Waals surface area contributed by atoms with E-state index in [9.17, 15) is 22.8 Å². The number of alkyl halides is 3. The Balaban J connectivity index is 3.41. The number of carbonyl (C=O) groups is 1. The number of aromatic amines is 1. The lowest BCUT2D eigenvalue weighted by molar-refractivity contribution is -0.137. The van der Waals surface area contributed by atoms with Crippen molar-refractivity contribution < 1.29 is 18.0 Å². The van der Waals surface area contributed by atoms with E-state index < -0.39 is 22.9 Å². The van der Waals surface area contributed by atoms with Gasteiger partial charge < -0.3 is 4.98 Å².